The van der Waals surface area contributed by atoms with Crippen molar-refractivity contribution in [3.8, 4) is 0 Å². The van der Waals surface area contributed by atoms with E-state index in [0.29, 0.717) is 11.3 Å². The highest BCUT2D eigenvalue weighted by Gasteiger charge is 2.24. The Balaban J connectivity index is 2.74. The minimum atomic E-state index is -0.792. The van der Waals surface area contributed by atoms with Crippen LogP contribution in [0.2, 0.25) is 0 Å². The summed E-state index contributed by atoms with van der Waals surface area (Å²) >= 11 is 0. The Bertz CT molecular complexity index is 635. The fraction of sp³-hybridized carbons (Fsp3) is 0.429. The average Bonchev–Trinajstić information content (AvgIpc) is 2.77. The van der Waals surface area contributed by atoms with Crippen molar-refractivity contribution >= 4 is 23.8 Å². The molecule has 0 aromatic carbocycles. The number of aromatic amines is 1. The Labute approximate surface area is 132 Å². The second-order valence-corrected chi connectivity index (χ2v) is 4.65. The van der Waals surface area contributed by atoms with Gasteiger partial charge in [0.05, 0.1) is 12.2 Å². The molecule has 1 aromatic rings. The number of carbonyl (C=O) groups is 4. The van der Waals surface area contributed by atoms with Crippen LogP contribution in [-0.2, 0) is 19.1 Å². The third-order valence-corrected chi connectivity index (χ3v) is 2.83. The molecule has 0 aliphatic rings. The summed E-state index contributed by atoms with van der Waals surface area (Å²) in [6, 6.07) is 0. The lowest BCUT2D eigenvalue weighted by atomic mass is 10.1. The van der Waals surface area contributed by atoms with Crippen molar-refractivity contribution in [3.63, 3.8) is 0 Å². The Morgan fingerprint density at radius 2 is 1.70 bits per heavy atom. The molecular formula is C14H19N3O6. The Hall–Kier alpha value is -2.84. The number of aryl methyl sites for hydroxylation is 1. The summed E-state index contributed by atoms with van der Waals surface area (Å²) in [5, 5.41) is 0. The number of nitrogens with one attached hydrogen (secondary N) is 3. The molecule has 126 valence electrons. The average molecular weight is 325 g/mol. The van der Waals surface area contributed by atoms with Gasteiger partial charge in [-0.25, -0.2) is 9.59 Å². The lowest BCUT2D eigenvalue weighted by Gasteiger charge is -2.06. The molecule has 0 spiro atoms. The molecule has 0 aliphatic heterocycles. The molecule has 0 aliphatic carbocycles. The predicted molar refractivity (Wildman–Crippen MR) is 78.5 cm³/mol. The molecule has 0 atom stereocenters. The molecule has 9 nitrogen and oxygen atoms in total. The minimum Gasteiger partial charge on any atom is -0.462 e. The molecule has 0 fully saturated rings. The van der Waals surface area contributed by atoms with Crippen LogP contribution < -0.4 is 10.9 Å². The van der Waals surface area contributed by atoms with E-state index in [4.69, 9.17) is 9.47 Å². The van der Waals surface area contributed by atoms with E-state index in [1.54, 1.807) is 20.8 Å². The third-order valence-electron chi connectivity index (χ3n) is 2.83. The summed E-state index contributed by atoms with van der Waals surface area (Å²) in [4.78, 5) is 48.5. The number of aromatic nitrogens is 1. The van der Waals surface area contributed by atoms with Crippen LogP contribution in [0.15, 0.2) is 0 Å². The van der Waals surface area contributed by atoms with Crippen molar-refractivity contribution in [3.05, 3.63) is 22.5 Å². The van der Waals surface area contributed by atoms with Gasteiger partial charge in [0.1, 0.15) is 5.69 Å². The lowest BCUT2D eigenvalue weighted by molar-refractivity contribution is -0.129. The van der Waals surface area contributed by atoms with Crippen molar-refractivity contribution in [1.29, 1.82) is 0 Å². The first-order valence-corrected chi connectivity index (χ1v) is 6.86. The lowest BCUT2D eigenvalue weighted by Crippen LogP contribution is -2.42. The van der Waals surface area contributed by atoms with Crippen molar-refractivity contribution in [1.82, 2.24) is 15.8 Å². The molecule has 3 N–H and O–H groups in total. The summed E-state index contributed by atoms with van der Waals surface area (Å²) in [6.07, 6.45) is 0. The van der Waals surface area contributed by atoms with Crippen LogP contribution in [0.3, 0.4) is 0 Å². The van der Waals surface area contributed by atoms with Gasteiger partial charge in [-0.2, -0.15) is 0 Å². The van der Waals surface area contributed by atoms with Crippen LogP contribution in [0.1, 0.15) is 46.0 Å². The fourth-order valence-electron chi connectivity index (χ4n) is 1.86. The highest BCUT2D eigenvalue weighted by atomic mass is 16.5. The molecule has 1 aromatic heterocycles. The van der Waals surface area contributed by atoms with Gasteiger partial charge in [0.2, 0.25) is 5.91 Å². The van der Waals surface area contributed by atoms with Gasteiger partial charge in [0.15, 0.2) is 6.61 Å². The summed E-state index contributed by atoms with van der Waals surface area (Å²) in [5.74, 6) is -2.49. The van der Waals surface area contributed by atoms with Crippen molar-refractivity contribution in [2.45, 2.75) is 27.7 Å². The second kappa shape index (κ2) is 7.97. The third kappa shape index (κ3) is 4.83. The molecule has 0 saturated heterocycles. The number of hydrogen-bond donors (Lipinski definition) is 3. The van der Waals surface area contributed by atoms with E-state index in [0.717, 1.165) is 0 Å². The van der Waals surface area contributed by atoms with Crippen molar-refractivity contribution in [2.24, 2.45) is 0 Å². The molecular weight excluding hydrogens is 306 g/mol. The highest BCUT2D eigenvalue weighted by molar-refractivity contribution is 5.99. The highest BCUT2D eigenvalue weighted by Crippen LogP contribution is 2.19. The van der Waals surface area contributed by atoms with E-state index in [1.165, 1.54) is 6.92 Å². The van der Waals surface area contributed by atoms with Crippen LogP contribution in [0, 0.1) is 13.8 Å². The molecule has 0 bridgehead atoms. The standard InChI is InChI=1S/C14H19N3O6/c1-5-22-13(20)11-7(2)12(15-8(11)3)14(21)23-6-10(19)17-16-9(4)18/h15H,5-6H2,1-4H3,(H,16,18)(H,17,19). The van der Waals surface area contributed by atoms with Gasteiger partial charge in [-0.1, -0.05) is 0 Å². The smallest absolute Gasteiger partial charge is 0.355 e. The first-order chi connectivity index (χ1) is 10.8. The first-order valence-electron chi connectivity index (χ1n) is 6.86. The summed E-state index contributed by atoms with van der Waals surface area (Å²) in [6.45, 7) is 5.73. The van der Waals surface area contributed by atoms with E-state index in [2.05, 4.69) is 15.8 Å². The van der Waals surface area contributed by atoms with Gasteiger partial charge >= 0.3 is 11.9 Å². The molecule has 1 rings (SSSR count). The van der Waals surface area contributed by atoms with Crippen LogP contribution in [-0.4, -0.2) is 42.0 Å². The van der Waals surface area contributed by atoms with E-state index >= 15 is 0 Å². The van der Waals surface area contributed by atoms with Gasteiger partial charge in [0, 0.05) is 12.6 Å². The van der Waals surface area contributed by atoms with Gasteiger partial charge in [-0.05, 0) is 26.3 Å². The molecule has 0 unspecified atom stereocenters. The maximum atomic E-state index is 12.0. The fourth-order valence-corrected chi connectivity index (χ4v) is 1.86. The number of hydrazine groups is 1. The summed E-state index contributed by atoms with van der Waals surface area (Å²) in [7, 11) is 0. The van der Waals surface area contributed by atoms with Crippen LogP contribution in [0.5, 0.6) is 0 Å². The molecule has 1 heterocycles. The maximum Gasteiger partial charge on any atom is 0.355 e. The zero-order valence-corrected chi connectivity index (χ0v) is 13.4. The maximum absolute atomic E-state index is 12.0. The molecule has 2 amide bonds. The SMILES string of the molecule is CCOC(=O)c1c(C)[nH]c(C(=O)OCC(=O)NNC(C)=O)c1C. The molecule has 9 heteroatoms. The zero-order valence-electron chi connectivity index (χ0n) is 13.4. The van der Waals surface area contributed by atoms with E-state index in [-0.39, 0.29) is 17.9 Å². The number of carbonyl (C=O) groups excluding carboxylic acids is 4. The topological polar surface area (TPSA) is 127 Å². The van der Waals surface area contributed by atoms with Crippen molar-refractivity contribution < 1.29 is 28.7 Å². The number of H-pyrrole nitrogens is 1. The Kier molecular flexibility index (Phi) is 6.31. The monoisotopic (exact) mass is 325 g/mol. The van der Waals surface area contributed by atoms with Crippen LogP contribution in [0.4, 0.5) is 0 Å². The zero-order chi connectivity index (χ0) is 17.6. The quantitative estimate of drug-likeness (QED) is 0.522. The van der Waals surface area contributed by atoms with Gasteiger partial charge in [-0.3, -0.25) is 20.4 Å². The number of esters is 2. The molecule has 0 radical (unpaired) electrons. The molecule has 23 heavy (non-hydrogen) atoms. The van der Waals surface area contributed by atoms with Crippen LogP contribution >= 0.6 is 0 Å². The summed E-state index contributed by atoms with van der Waals surface area (Å²) in [5.41, 5.74) is 5.30. The molecule has 0 saturated carbocycles. The Morgan fingerprint density at radius 3 is 2.26 bits per heavy atom. The largest absolute Gasteiger partial charge is 0.462 e. The van der Waals surface area contributed by atoms with E-state index in [9.17, 15) is 19.2 Å². The van der Waals surface area contributed by atoms with Crippen molar-refractivity contribution in [2.75, 3.05) is 13.2 Å². The van der Waals surface area contributed by atoms with Crippen LogP contribution in [0.25, 0.3) is 0 Å². The van der Waals surface area contributed by atoms with Gasteiger partial charge in [-0.15, -0.1) is 0 Å². The number of ether oxygens (including phenoxy) is 2. The number of rotatable bonds is 5. The van der Waals surface area contributed by atoms with Gasteiger partial charge in [0.25, 0.3) is 5.91 Å². The van der Waals surface area contributed by atoms with Gasteiger partial charge < -0.3 is 14.5 Å². The minimum absolute atomic E-state index is 0.0675. The predicted octanol–water partition coefficient (Wildman–Crippen LogP) is 0.132. The normalized spacial score (nSPS) is 9.91. The Morgan fingerprint density at radius 1 is 1.04 bits per heavy atom. The van der Waals surface area contributed by atoms with E-state index in [1.807, 2.05) is 0 Å². The first kappa shape index (κ1) is 18.2. The second-order valence-electron chi connectivity index (χ2n) is 4.65. The number of amides is 2. The van der Waals surface area contributed by atoms with E-state index < -0.39 is 30.4 Å². The summed E-state index contributed by atoms with van der Waals surface area (Å²) < 4.78 is 9.75. The number of hydrogen-bond acceptors (Lipinski definition) is 6.